The molecule has 0 N–H and O–H groups in total. The van der Waals surface area contributed by atoms with E-state index in [4.69, 9.17) is 0 Å². The second-order valence-corrected chi connectivity index (χ2v) is 8.17. The van der Waals surface area contributed by atoms with Gasteiger partial charge in [0.05, 0.1) is 0 Å². The van der Waals surface area contributed by atoms with Crippen LogP contribution in [-0.4, -0.2) is 52.6 Å². The molecule has 0 radical (unpaired) electrons. The van der Waals surface area contributed by atoms with E-state index in [1.54, 1.807) is 0 Å². The van der Waals surface area contributed by atoms with Crippen LogP contribution in [0.1, 0.15) is 39.4 Å². The molecule has 0 aromatic carbocycles. The minimum absolute atomic E-state index is 0.251. The summed E-state index contributed by atoms with van der Waals surface area (Å²) in [6.07, 6.45) is 0. The van der Waals surface area contributed by atoms with E-state index in [2.05, 4.69) is 47.5 Å². The lowest BCUT2D eigenvalue weighted by Gasteiger charge is -2.37. The van der Waals surface area contributed by atoms with E-state index in [0.29, 0.717) is 5.92 Å². The third-order valence-electron chi connectivity index (χ3n) is 3.25. The number of rotatable bonds is 3. The largest absolute Gasteiger partial charge is 0.347 e. The first-order valence-electron chi connectivity index (χ1n) is 7.11. The molecule has 112 valence electrons. The first kappa shape index (κ1) is 15.4. The lowest BCUT2D eigenvalue weighted by atomic mass is 10.2. The predicted molar refractivity (Wildman–Crippen MR) is 87.0 cm³/mol. The molecule has 0 amide bonds. The maximum Gasteiger partial charge on any atom is 0.230 e. The van der Waals surface area contributed by atoms with Crippen LogP contribution in [0.4, 0.5) is 11.9 Å². The normalized spacial score (nSPS) is 18.4. The third kappa shape index (κ3) is 3.53. The first-order valence-corrected chi connectivity index (χ1v) is 8.09. The molecule has 1 saturated heterocycles. The molecule has 5 nitrogen and oxygen atoms in total. The number of hydrogen-bond donors (Lipinski definition) is 0. The van der Waals surface area contributed by atoms with E-state index < -0.39 is 0 Å². The molecular formula is C14H25N5S. The standard InChI is InChI=1S/C14H25N5S/c1-10(2)11-15-12(18(5)6)17-13(16-11)19-7-8-20-14(3,4)9-19/h10H,7-9H2,1-6H3. The van der Waals surface area contributed by atoms with Gasteiger partial charge in [0.25, 0.3) is 0 Å². The van der Waals surface area contributed by atoms with Gasteiger partial charge in [-0.15, -0.1) is 0 Å². The molecule has 1 aliphatic rings. The summed E-state index contributed by atoms with van der Waals surface area (Å²) in [6, 6.07) is 0. The van der Waals surface area contributed by atoms with Gasteiger partial charge >= 0.3 is 0 Å². The Morgan fingerprint density at radius 3 is 2.45 bits per heavy atom. The molecule has 6 heteroatoms. The second kappa shape index (κ2) is 5.76. The van der Waals surface area contributed by atoms with Crippen molar-refractivity contribution < 1.29 is 0 Å². The Morgan fingerprint density at radius 2 is 1.90 bits per heavy atom. The number of thioether (sulfide) groups is 1. The molecule has 1 fully saturated rings. The Labute approximate surface area is 126 Å². The topological polar surface area (TPSA) is 45.2 Å². The average Bonchev–Trinajstić information content (AvgIpc) is 2.36. The van der Waals surface area contributed by atoms with Crippen molar-refractivity contribution >= 4 is 23.7 Å². The van der Waals surface area contributed by atoms with Crippen molar-refractivity contribution in [3.63, 3.8) is 0 Å². The molecule has 0 saturated carbocycles. The molecule has 20 heavy (non-hydrogen) atoms. The lowest BCUT2D eigenvalue weighted by molar-refractivity contribution is 0.627. The third-order valence-corrected chi connectivity index (χ3v) is 4.55. The van der Waals surface area contributed by atoms with Crippen LogP contribution in [0.15, 0.2) is 0 Å². The van der Waals surface area contributed by atoms with Gasteiger partial charge in [-0.25, -0.2) is 0 Å². The Hall–Kier alpha value is -1.04. The summed E-state index contributed by atoms with van der Waals surface area (Å²) in [6.45, 7) is 10.8. The van der Waals surface area contributed by atoms with Crippen molar-refractivity contribution in [2.24, 2.45) is 0 Å². The smallest absolute Gasteiger partial charge is 0.230 e. The number of nitrogens with zero attached hydrogens (tertiary/aromatic N) is 5. The van der Waals surface area contributed by atoms with Crippen molar-refractivity contribution in [2.45, 2.75) is 38.4 Å². The highest BCUT2D eigenvalue weighted by atomic mass is 32.2. The predicted octanol–water partition coefficient (Wildman–Crippen LogP) is 2.39. The zero-order chi connectivity index (χ0) is 14.9. The van der Waals surface area contributed by atoms with Crippen LogP contribution in [-0.2, 0) is 0 Å². The van der Waals surface area contributed by atoms with E-state index in [1.165, 1.54) is 0 Å². The SMILES string of the molecule is CC(C)c1nc(N(C)C)nc(N2CCSC(C)(C)C2)n1. The second-order valence-electron chi connectivity index (χ2n) is 6.37. The van der Waals surface area contributed by atoms with Crippen LogP contribution < -0.4 is 9.80 Å². The van der Waals surface area contributed by atoms with Gasteiger partial charge in [0.2, 0.25) is 11.9 Å². The summed E-state index contributed by atoms with van der Waals surface area (Å²) in [4.78, 5) is 18.1. The minimum Gasteiger partial charge on any atom is -0.347 e. The molecule has 2 rings (SSSR count). The molecular weight excluding hydrogens is 270 g/mol. The molecule has 1 aliphatic heterocycles. The van der Waals surface area contributed by atoms with E-state index in [9.17, 15) is 0 Å². The highest BCUT2D eigenvalue weighted by Crippen LogP contribution is 2.31. The maximum atomic E-state index is 4.67. The van der Waals surface area contributed by atoms with Crippen LogP contribution >= 0.6 is 11.8 Å². The molecule has 0 spiro atoms. The van der Waals surface area contributed by atoms with Crippen LogP contribution in [0.25, 0.3) is 0 Å². The Morgan fingerprint density at radius 1 is 1.20 bits per heavy atom. The summed E-state index contributed by atoms with van der Waals surface area (Å²) < 4.78 is 0.251. The summed E-state index contributed by atoms with van der Waals surface area (Å²) in [7, 11) is 3.94. The fourth-order valence-electron chi connectivity index (χ4n) is 2.16. The van der Waals surface area contributed by atoms with Gasteiger partial charge in [0.1, 0.15) is 5.82 Å². The van der Waals surface area contributed by atoms with Gasteiger partial charge in [0, 0.05) is 43.6 Å². The van der Waals surface area contributed by atoms with Gasteiger partial charge < -0.3 is 9.80 Å². The molecule has 2 heterocycles. The fourth-order valence-corrected chi connectivity index (χ4v) is 3.27. The minimum atomic E-state index is 0.251. The van der Waals surface area contributed by atoms with Crippen LogP contribution in [0.5, 0.6) is 0 Å². The number of aromatic nitrogens is 3. The van der Waals surface area contributed by atoms with E-state index in [0.717, 1.165) is 36.6 Å². The monoisotopic (exact) mass is 295 g/mol. The van der Waals surface area contributed by atoms with Gasteiger partial charge in [-0.1, -0.05) is 13.8 Å². The zero-order valence-electron chi connectivity index (χ0n) is 13.3. The quantitative estimate of drug-likeness (QED) is 0.853. The molecule has 0 aliphatic carbocycles. The van der Waals surface area contributed by atoms with E-state index >= 15 is 0 Å². The zero-order valence-corrected chi connectivity index (χ0v) is 14.2. The van der Waals surface area contributed by atoms with Crippen LogP contribution in [0, 0.1) is 0 Å². The Balaban J connectivity index is 2.35. The number of hydrogen-bond acceptors (Lipinski definition) is 6. The van der Waals surface area contributed by atoms with Gasteiger partial charge in [-0.05, 0) is 13.8 Å². The molecule has 0 bridgehead atoms. The van der Waals surface area contributed by atoms with Gasteiger partial charge in [0.15, 0.2) is 0 Å². The molecule has 1 aromatic heterocycles. The van der Waals surface area contributed by atoms with E-state index in [-0.39, 0.29) is 4.75 Å². The average molecular weight is 295 g/mol. The number of anilines is 2. The van der Waals surface area contributed by atoms with Crippen LogP contribution in [0.2, 0.25) is 0 Å². The summed E-state index contributed by atoms with van der Waals surface area (Å²) in [5.41, 5.74) is 0. The van der Waals surface area contributed by atoms with Crippen molar-refractivity contribution in [2.75, 3.05) is 42.7 Å². The fraction of sp³-hybridized carbons (Fsp3) is 0.786. The van der Waals surface area contributed by atoms with Crippen molar-refractivity contribution in [3.05, 3.63) is 5.82 Å². The summed E-state index contributed by atoms with van der Waals surface area (Å²) in [5, 5.41) is 0. The Kier molecular flexibility index (Phi) is 4.42. The van der Waals surface area contributed by atoms with Crippen molar-refractivity contribution in [1.29, 1.82) is 0 Å². The van der Waals surface area contributed by atoms with Gasteiger partial charge in [-0.3, -0.25) is 0 Å². The molecule has 0 atom stereocenters. The van der Waals surface area contributed by atoms with Crippen molar-refractivity contribution in [3.8, 4) is 0 Å². The first-order chi connectivity index (χ1) is 9.28. The van der Waals surface area contributed by atoms with Crippen LogP contribution in [0.3, 0.4) is 0 Å². The molecule has 1 aromatic rings. The highest BCUT2D eigenvalue weighted by Gasteiger charge is 2.29. The molecule has 0 unspecified atom stereocenters. The summed E-state index contributed by atoms with van der Waals surface area (Å²) in [5.74, 6) is 3.86. The summed E-state index contributed by atoms with van der Waals surface area (Å²) >= 11 is 2.02. The van der Waals surface area contributed by atoms with Crippen molar-refractivity contribution in [1.82, 2.24) is 15.0 Å². The van der Waals surface area contributed by atoms with Gasteiger partial charge in [-0.2, -0.15) is 26.7 Å². The lowest BCUT2D eigenvalue weighted by Crippen LogP contribution is -2.44. The maximum absolute atomic E-state index is 4.67. The highest BCUT2D eigenvalue weighted by molar-refractivity contribution is 8.00. The van der Waals surface area contributed by atoms with E-state index in [1.807, 2.05) is 30.8 Å². The Bertz CT molecular complexity index is 446.